The molecule has 40 heavy (non-hydrogen) atoms. The van der Waals surface area contributed by atoms with Gasteiger partial charge in [-0.05, 0) is 78.2 Å². The number of hydrogen-bond acceptors (Lipinski definition) is 6. The zero-order valence-electron chi connectivity index (χ0n) is 21.5. The van der Waals surface area contributed by atoms with Crippen LogP contribution in [0.25, 0.3) is 6.08 Å². The van der Waals surface area contributed by atoms with Gasteiger partial charge in [0.25, 0.3) is 5.91 Å². The van der Waals surface area contributed by atoms with Crippen LogP contribution in [-0.2, 0) is 11.2 Å². The van der Waals surface area contributed by atoms with Crippen LogP contribution in [-0.4, -0.2) is 40.2 Å². The largest absolute Gasteiger partial charge is 0.490 e. The molecule has 1 N–H and O–H groups in total. The molecule has 0 unspecified atom stereocenters. The Bertz CT molecular complexity index is 1600. The minimum Gasteiger partial charge on any atom is -0.490 e. The minimum atomic E-state index is -0.563. The molecule has 0 atom stereocenters. The quantitative estimate of drug-likeness (QED) is 0.208. The van der Waals surface area contributed by atoms with Crippen LogP contribution in [0.4, 0.5) is 0 Å². The van der Waals surface area contributed by atoms with Gasteiger partial charge >= 0.3 is 0 Å². The number of nitrogens with one attached hydrogen (secondary N) is 1. The zero-order valence-corrected chi connectivity index (χ0v) is 24.6. The Hall–Kier alpha value is -3.30. The lowest BCUT2D eigenvalue weighted by molar-refractivity contribution is -0.114. The SMILES string of the molecule is CCc1cc(C)cc(OCCOc2c(Cl)cc(/C=C3/C(=N)N4N=C(c5ccccc5Cl)SC4=NC3=O)cc2Cl)c1. The summed E-state index contributed by atoms with van der Waals surface area (Å²) in [5.74, 6) is 0.413. The van der Waals surface area contributed by atoms with Crippen molar-refractivity contribution in [1.82, 2.24) is 5.01 Å². The third-order valence-corrected chi connectivity index (χ3v) is 7.84. The lowest BCUT2D eigenvalue weighted by atomic mass is 10.1. The smallest absolute Gasteiger partial charge is 0.283 e. The van der Waals surface area contributed by atoms with Crippen molar-refractivity contribution in [3.8, 4) is 11.5 Å². The van der Waals surface area contributed by atoms with Crippen molar-refractivity contribution in [1.29, 1.82) is 5.41 Å². The normalized spacial score (nSPS) is 15.7. The topological polar surface area (TPSA) is 87.3 Å². The Balaban J connectivity index is 1.29. The number of carbonyl (C=O) groups is 1. The van der Waals surface area contributed by atoms with E-state index in [-0.39, 0.29) is 28.1 Å². The lowest BCUT2D eigenvalue weighted by Gasteiger charge is -2.20. The molecular weight excluding hydrogens is 591 g/mol. The van der Waals surface area contributed by atoms with Crippen LogP contribution in [0.2, 0.25) is 15.1 Å². The fourth-order valence-corrected chi connectivity index (χ4v) is 5.94. The second kappa shape index (κ2) is 12.1. The van der Waals surface area contributed by atoms with Crippen LogP contribution in [0.5, 0.6) is 11.5 Å². The van der Waals surface area contributed by atoms with Crippen molar-refractivity contribution < 1.29 is 14.3 Å². The molecule has 0 radical (unpaired) electrons. The molecule has 2 aliphatic heterocycles. The van der Waals surface area contributed by atoms with E-state index in [9.17, 15) is 4.79 Å². The van der Waals surface area contributed by atoms with Gasteiger partial charge in [0.05, 0.1) is 20.6 Å². The molecule has 5 rings (SSSR count). The van der Waals surface area contributed by atoms with Gasteiger partial charge in [0.15, 0.2) is 11.6 Å². The first kappa shape index (κ1) is 28.2. The second-order valence-corrected chi connectivity index (χ2v) is 11.1. The summed E-state index contributed by atoms with van der Waals surface area (Å²) in [6.07, 6.45) is 2.43. The number of benzene rings is 3. The molecule has 0 fully saturated rings. The summed E-state index contributed by atoms with van der Waals surface area (Å²) in [4.78, 5) is 17.0. The van der Waals surface area contributed by atoms with E-state index < -0.39 is 5.91 Å². The number of amidine groups is 2. The number of nitrogens with zero attached hydrogens (tertiary/aromatic N) is 3. The Morgan fingerprint density at radius 3 is 2.45 bits per heavy atom. The van der Waals surface area contributed by atoms with Gasteiger partial charge in [-0.3, -0.25) is 10.2 Å². The van der Waals surface area contributed by atoms with Gasteiger partial charge in [0.1, 0.15) is 24.0 Å². The molecule has 2 heterocycles. The van der Waals surface area contributed by atoms with Crippen molar-refractivity contribution >= 4 is 74.6 Å². The van der Waals surface area contributed by atoms with Crippen molar-refractivity contribution in [3.63, 3.8) is 0 Å². The molecule has 0 aromatic heterocycles. The summed E-state index contributed by atoms with van der Waals surface area (Å²) >= 11 is 20.4. The number of hydrazone groups is 1. The van der Waals surface area contributed by atoms with Gasteiger partial charge in [-0.25, -0.2) is 0 Å². The number of hydrogen-bond donors (Lipinski definition) is 1. The van der Waals surface area contributed by atoms with Crippen molar-refractivity contribution in [2.45, 2.75) is 20.3 Å². The average Bonchev–Trinajstić information content (AvgIpc) is 3.34. The maximum atomic E-state index is 12.8. The Morgan fingerprint density at radius 2 is 1.73 bits per heavy atom. The number of halogens is 3. The Kier molecular flexibility index (Phi) is 8.51. The Labute approximate surface area is 250 Å². The van der Waals surface area contributed by atoms with Gasteiger partial charge in [0, 0.05) is 5.56 Å². The molecule has 3 aromatic rings. The predicted octanol–water partition coefficient (Wildman–Crippen LogP) is 7.64. The van der Waals surface area contributed by atoms with E-state index in [1.54, 1.807) is 18.2 Å². The maximum absolute atomic E-state index is 12.8. The number of aliphatic imine (C=N–C) groups is 1. The molecule has 0 aliphatic carbocycles. The molecule has 7 nitrogen and oxygen atoms in total. The third kappa shape index (κ3) is 6.05. The average molecular weight is 614 g/mol. The van der Waals surface area contributed by atoms with Crippen molar-refractivity contribution in [2.75, 3.05) is 13.2 Å². The highest BCUT2D eigenvalue weighted by molar-refractivity contribution is 8.27. The molecule has 1 amide bonds. The summed E-state index contributed by atoms with van der Waals surface area (Å²) in [5, 5.41) is 16.3. The van der Waals surface area contributed by atoms with Gasteiger partial charge < -0.3 is 9.47 Å². The van der Waals surface area contributed by atoms with E-state index in [2.05, 4.69) is 23.1 Å². The summed E-state index contributed by atoms with van der Waals surface area (Å²) in [7, 11) is 0. The number of fused-ring (bicyclic) bond motifs is 1. The van der Waals surface area contributed by atoms with E-state index in [4.69, 9.17) is 49.7 Å². The van der Waals surface area contributed by atoms with Gasteiger partial charge in [-0.15, -0.1) is 0 Å². The van der Waals surface area contributed by atoms with E-state index in [0.29, 0.717) is 38.7 Å². The second-order valence-electron chi connectivity index (χ2n) is 8.92. The van der Waals surface area contributed by atoms with Gasteiger partial charge in [0.2, 0.25) is 5.17 Å². The number of aryl methyl sites for hydroxylation is 2. The van der Waals surface area contributed by atoms with Crippen LogP contribution >= 0.6 is 46.6 Å². The Morgan fingerprint density at radius 1 is 1.00 bits per heavy atom. The molecule has 11 heteroatoms. The highest BCUT2D eigenvalue weighted by Gasteiger charge is 2.36. The standard InChI is InChI=1S/C29H23Cl3N4O3S/c1-3-17-10-16(2)11-19(12-17)38-8-9-39-25-23(31)14-18(15-24(25)32)13-21-26(33)36-29(34-27(21)37)40-28(35-36)20-6-4-5-7-22(20)30/h4-7,10-15,33H,3,8-9H2,1-2H3/b21-13-,33-26?. The fraction of sp³-hybridized carbons (Fsp3) is 0.172. The van der Waals surface area contributed by atoms with Crippen molar-refractivity contribution in [2.24, 2.45) is 10.1 Å². The zero-order chi connectivity index (χ0) is 28.4. The van der Waals surface area contributed by atoms with Gasteiger partial charge in [-0.2, -0.15) is 15.1 Å². The van der Waals surface area contributed by atoms with Crippen LogP contribution in [0.3, 0.4) is 0 Å². The van der Waals surface area contributed by atoms with Crippen LogP contribution in [0, 0.1) is 12.3 Å². The highest BCUT2D eigenvalue weighted by atomic mass is 35.5. The highest BCUT2D eigenvalue weighted by Crippen LogP contribution is 2.36. The first-order valence-electron chi connectivity index (χ1n) is 12.3. The molecular formula is C29H23Cl3N4O3S. The first-order chi connectivity index (χ1) is 19.2. The van der Waals surface area contributed by atoms with Crippen LogP contribution in [0.15, 0.2) is 70.3 Å². The minimum absolute atomic E-state index is 0.0484. The summed E-state index contributed by atoms with van der Waals surface area (Å²) in [5.41, 5.74) is 3.59. The fourth-order valence-electron chi connectivity index (χ4n) is 4.12. The molecule has 204 valence electrons. The van der Waals surface area contributed by atoms with Crippen molar-refractivity contribution in [3.05, 3.63) is 97.5 Å². The first-order valence-corrected chi connectivity index (χ1v) is 14.3. The lowest BCUT2D eigenvalue weighted by Crippen LogP contribution is -2.35. The predicted molar refractivity (Wildman–Crippen MR) is 164 cm³/mol. The molecule has 0 spiro atoms. The third-order valence-electron chi connectivity index (χ3n) is 6.01. The summed E-state index contributed by atoms with van der Waals surface area (Å²) in [6, 6.07) is 16.6. The van der Waals surface area contributed by atoms with Crippen LogP contribution in [0.1, 0.15) is 29.2 Å². The van der Waals surface area contributed by atoms with E-state index in [1.165, 1.54) is 28.4 Å². The van der Waals surface area contributed by atoms with E-state index in [1.807, 2.05) is 37.3 Å². The molecule has 0 saturated carbocycles. The maximum Gasteiger partial charge on any atom is 0.283 e. The molecule has 3 aromatic carbocycles. The number of carbonyl (C=O) groups excluding carboxylic acids is 1. The summed E-state index contributed by atoms with van der Waals surface area (Å²) in [6.45, 7) is 4.66. The molecule has 0 bridgehead atoms. The van der Waals surface area contributed by atoms with E-state index in [0.717, 1.165) is 17.7 Å². The van der Waals surface area contributed by atoms with E-state index >= 15 is 0 Å². The molecule has 2 aliphatic rings. The number of thioether (sulfide) groups is 1. The monoisotopic (exact) mass is 612 g/mol. The molecule has 0 saturated heterocycles. The number of amides is 1. The summed E-state index contributed by atoms with van der Waals surface area (Å²) < 4.78 is 11.6. The van der Waals surface area contributed by atoms with Crippen LogP contribution < -0.4 is 9.47 Å². The van der Waals surface area contributed by atoms with Gasteiger partial charge in [-0.1, -0.05) is 66.0 Å². The number of ether oxygens (including phenoxy) is 2. The number of rotatable bonds is 8.